The maximum Gasteiger partial charge on any atom is 0.186 e. The molecule has 0 spiro atoms. The zero-order valence-corrected chi connectivity index (χ0v) is 9.86. The Bertz CT molecular complexity index is 658. The van der Waals surface area contributed by atoms with Gasteiger partial charge < -0.3 is 0 Å². The van der Waals surface area contributed by atoms with E-state index < -0.39 is 11.6 Å². The van der Waals surface area contributed by atoms with Crippen LogP contribution in [0.1, 0.15) is 10.4 Å². The zero-order chi connectivity index (χ0) is 13.4. The van der Waals surface area contributed by atoms with Crippen molar-refractivity contribution in [1.29, 1.82) is 0 Å². The quantitative estimate of drug-likeness (QED) is 0.855. The molecule has 0 unspecified atom stereocenters. The Hall–Kier alpha value is -2.43. The molecule has 0 atom stereocenters. The topological polar surface area (TPSA) is 32.3 Å². The van der Waals surface area contributed by atoms with Crippen LogP contribution in [0.2, 0.25) is 0 Å². The number of halogens is 2. The highest BCUT2D eigenvalue weighted by molar-refractivity contribution is 6.06. The summed E-state index contributed by atoms with van der Waals surface area (Å²) in [4.78, 5) is 12.0. The molecule has 1 heterocycles. The van der Waals surface area contributed by atoms with Crippen LogP contribution in [-0.4, -0.2) is 12.3 Å². The molecule has 0 saturated carbocycles. The van der Waals surface area contributed by atoms with Gasteiger partial charge in [0.05, 0.1) is 5.69 Å². The van der Waals surface area contributed by atoms with E-state index in [0.717, 1.165) is 0 Å². The van der Waals surface area contributed by atoms with Crippen LogP contribution < -0.4 is 10.4 Å². The van der Waals surface area contributed by atoms with Crippen LogP contribution in [0.3, 0.4) is 0 Å². The van der Waals surface area contributed by atoms with Gasteiger partial charge in [-0.1, -0.05) is 18.2 Å². The highest BCUT2D eigenvalue weighted by atomic mass is 19.1. The van der Waals surface area contributed by atoms with E-state index in [2.05, 4.69) is 5.43 Å². The largest absolute Gasteiger partial charge is 0.294 e. The van der Waals surface area contributed by atoms with Gasteiger partial charge in [-0.25, -0.2) is 8.78 Å². The molecule has 96 valence electrons. The van der Waals surface area contributed by atoms with Gasteiger partial charge in [0, 0.05) is 5.56 Å². The van der Waals surface area contributed by atoms with Gasteiger partial charge in [-0.2, -0.15) is 0 Å². The van der Waals surface area contributed by atoms with E-state index >= 15 is 0 Å². The molecule has 0 aromatic heterocycles. The first-order chi connectivity index (χ1) is 9.16. The van der Waals surface area contributed by atoms with Gasteiger partial charge in [-0.05, 0) is 24.3 Å². The molecule has 2 aromatic rings. The van der Waals surface area contributed by atoms with E-state index in [1.54, 1.807) is 18.2 Å². The molecule has 1 N–H and O–H groups in total. The Kier molecular flexibility index (Phi) is 2.67. The van der Waals surface area contributed by atoms with Crippen LogP contribution in [0.25, 0.3) is 0 Å². The minimum atomic E-state index is -0.535. The summed E-state index contributed by atoms with van der Waals surface area (Å²) >= 11 is 0. The normalized spacial score (nSPS) is 14.0. The summed E-state index contributed by atoms with van der Waals surface area (Å²) in [5, 5.41) is 1.31. The van der Waals surface area contributed by atoms with Crippen molar-refractivity contribution >= 4 is 17.2 Å². The number of hydrogen-bond donors (Lipinski definition) is 1. The Balaban J connectivity index is 2.04. The number of carbonyl (C=O) groups excluding carboxylic acids is 1. The average Bonchev–Trinajstić information content (AvgIpc) is 2.40. The van der Waals surface area contributed by atoms with Gasteiger partial charge in [-0.3, -0.25) is 15.2 Å². The van der Waals surface area contributed by atoms with Crippen molar-refractivity contribution < 1.29 is 13.6 Å². The molecule has 1 aliphatic heterocycles. The van der Waals surface area contributed by atoms with Crippen molar-refractivity contribution in [2.75, 3.05) is 17.0 Å². The van der Waals surface area contributed by atoms with E-state index in [0.29, 0.717) is 0 Å². The van der Waals surface area contributed by atoms with Crippen LogP contribution in [0.4, 0.5) is 20.2 Å². The third kappa shape index (κ3) is 1.93. The number of hydrogen-bond acceptors (Lipinski definition) is 3. The summed E-state index contributed by atoms with van der Waals surface area (Å²) in [5.74, 6) is -1.26. The molecular formula is C14H10F2N2O. The Morgan fingerprint density at radius 3 is 2.53 bits per heavy atom. The molecule has 0 radical (unpaired) electrons. The van der Waals surface area contributed by atoms with Crippen molar-refractivity contribution in [3.63, 3.8) is 0 Å². The van der Waals surface area contributed by atoms with Crippen molar-refractivity contribution in [2.45, 2.75) is 0 Å². The minimum absolute atomic E-state index is 0.0443. The summed E-state index contributed by atoms with van der Waals surface area (Å²) in [5.41, 5.74) is 3.33. The lowest BCUT2D eigenvalue weighted by molar-refractivity contribution is 0.0997. The maximum absolute atomic E-state index is 13.7. The van der Waals surface area contributed by atoms with Gasteiger partial charge in [0.1, 0.15) is 23.9 Å². The average molecular weight is 260 g/mol. The number of hydrazine groups is 1. The summed E-state index contributed by atoms with van der Waals surface area (Å²) in [6.07, 6.45) is 0. The minimum Gasteiger partial charge on any atom is -0.294 e. The van der Waals surface area contributed by atoms with Gasteiger partial charge in [-0.15, -0.1) is 0 Å². The zero-order valence-electron chi connectivity index (χ0n) is 9.86. The molecule has 1 aliphatic rings. The Morgan fingerprint density at radius 2 is 1.74 bits per heavy atom. The summed E-state index contributed by atoms with van der Waals surface area (Å²) in [6, 6.07) is 10.3. The lowest BCUT2D eigenvalue weighted by atomic mass is 10.1. The number of carbonyl (C=O) groups is 1. The van der Waals surface area contributed by atoms with Crippen LogP contribution in [0.15, 0.2) is 42.5 Å². The molecule has 0 bridgehead atoms. The number of para-hydroxylation sites is 2. The highest BCUT2D eigenvalue weighted by Gasteiger charge is 2.26. The Labute approximate surface area is 108 Å². The number of anilines is 2. The third-order valence-corrected chi connectivity index (χ3v) is 3.01. The number of ketones is 1. The van der Waals surface area contributed by atoms with Crippen molar-refractivity contribution in [2.24, 2.45) is 0 Å². The Morgan fingerprint density at radius 1 is 1.00 bits per heavy atom. The fraction of sp³-hybridized carbons (Fsp3) is 0.0714. The van der Waals surface area contributed by atoms with E-state index in [1.165, 1.54) is 29.3 Å². The second kappa shape index (κ2) is 4.35. The van der Waals surface area contributed by atoms with Crippen LogP contribution in [0.5, 0.6) is 0 Å². The molecule has 0 amide bonds. The van der Waals surface area contributed by atoms with E-state index in [9.17, 15) is 13.6 Å². The van der Waals surface area contributed by atoms with Gasteiger partial charge in [0.2, 0.25) is 0 Å². The van der Waals surface area contributed by atoms with Crippen LogP contribution in [-0.2, 0) is 0 Å². The first kappa shape index (κ1) is 11.6. The van der Waals surface area contributed by atoms with Gasteiger partial charge in [0.15, 0.2) is 5.78 Å². The summed E-state index contributed by atoms with van der Waals surface area (Å²) in [7, 11) is 0. The number of fused-ring (bicyclic) bond motifs is 1. The van der Waals surface area contributed by atoms with Crippen LogP contribution in [0, 0.1) is 11.6 Å². The molecule has 0 aliphatic carbocycles. The van der Waals surface area contributed by atoms with Crippen molar-refractivity contribution in [3.05, 3.63) is 59.7 Å². The molecule has 19 heavy (non-hydrogen) atoms. The van der Waals surface area contributed by atoms with Crippen LogP contribution >= 0.6 is 0 Å². The third-order valence-electron chi connectivity index (χ3n) is 3.01. The molecule has 5 heteroatoms. The van der Waals surface area contributed by atoms with Gasteiger partial charge in [0.25, 0.3) is 0 Å². The van der Waals surface area contributed by atoms with Gasteiger partial charge >= 0.3 is 0 Å². The SMILES string of the molecule is O=C1CN(c2ccccc2F)Nc2c(F)cccc21. The maximum atomic E-state index is 13.7. The van der Waals surface area contributed by atoms with E-state index in [-0.39, 0.29) is 29.3 Å². The monoisotopic (exact) mass is 260 g/mol. The first-order valence-electron chi connectivity index (χ1n) is 5.77. The molecule has 0 fully saturated rings. The number of benzene rings is 2. The summed E-state index contributed by atoms with van der Waals surface area (Å²) < 4.78 is 27.4. The molecule has 0 saturated heterocycles. The van der Waals surface area contributed by atoms with Crippen molar-refractivity contribution in [1.82, 2.24) is 0 Å². The fourth-order valence-corrected chi connectivity index (χ4v) is 2.09. The van der Waals surface area contributed by atoms with E-state index in [1.807, 2.05) is 0 Å². The highest BCUT2D eigenvalue weighted by Crippen LogP contribution is 2.28. The van der Waals surface area contributed by atoms with E-state index in [4.69, 9.17) is 0 Å². The lowest BCUT2D eigenvalue weighted by Crippen LogP contribution is -2.40. The molecular weight excluding hydrogens is 250 g/mol. The molecule has 3 nitrogen and oxygen atoms in total. The number of Topliss-reactive ketones (excluding diaryl/α,β-unsaturated/α-hetero) is 1. The summed E-state index contributed by atoms with van der Waals surface area (Å²) in [6.45, 7) is -0.0443. The number of nitrogens with one attached hydrogen (secondary N) is 1. The lowest BCUT2D eigenvalue weighted by Gasteiger charge is -2.31. The number of nitrogens with zero attached hydrogens (tertiary/aromatic N) is 1. The second-order valence-corrected chi connectivity index (χ2v) is 4.23. The number of rotatable bonds is 1. The predicted octanol–water partition coefficient (Wildman–Crippen LogP) is 2.99. The smallest absolute Gasteiger partial charge is 0.186 e. The second-order valence-electron chi connectivity index (χ2n) is 4.23. The molecule has 2 aromatic carbocycles. The molecule has 3 rings (SSSR count). The fourth-order valence-electron chi connectivity index (χ4n) is 2.09. The van der Waals surface area contributed by atoms with Crippen molar-refractivity contribution in [3.8, 4) is 0 Å². The first-order valence-corrected chi connectivity index (χ1v) is 5.77. The predicted molar refractivity (Wildman–Crippen MR) is 68.1 cm³/mol. The standard InChI is InChI=1S/C14H10F2N2O/c15-10-5-1-2-7-12(10)18-8-13(19)9-4-3-6-11(16)14(9)17-18/h1-7,17H,8H2.